The number of carboxylic acids is 1. The van der Waals surface area contributed by atoms with Crippen LogP contribution in [0.1, 0.15) is 37.0 Å². The van der Waals surface area contributed by atoms with E-state index < -0.39 is 16.0 Å². The molecule has 0 amide bonds. The van der Waals surface area contributed by atoms with Crippen molar-refractivity contribution in [2.75, 3.05) is 5.73 Å². The third-order valence-corrected chi connectivity index (χ3v) is 4.29. The van der Waals surface area contributed by atoms with Gasteiger partial charge < -0.3 is 10.8 Å². The maximum atomic E-state index is 12.1. The number of nitrogens with one attached hydrogen (secondary N) is 1. The highest BCUT2D eigenvalue weighted by Gasteiger charge is 2.20. The van der Waals surface area contributed by atoms with Gasteiger partial charge in [-0.05, 0) is 31.5 Å². The molecule has 1 aromatic carbocycles. The van der Waals surface area contributed by atoms with Crippen LogP contribution in [-0.2, 0) is 10.0 Å². The number of aromatic carboxylic acids is 1. The van der Waals surface area contributed by atoms with Crippen LogP contribution in [0.2, 0.25) is 0 Å². The Morgan fingerprint density at radius 3 is 2.58 bits per heavy atom. The molecule has 1 unspecified atom stereocenters. The topological polar surface area (TPSA) is 109 Å². The molecular weight excluding hydrogens is 268 g/mol. The normalized spacial score (nSPS) is 13.2. The lowest BCUT2D eigenvalue weighted by Gasteiger charge is -2.14. The Morgan fingerprint density at radius 2 is 2.11 bits per heavy atom. The van der Waals surface area contributed by atoms with Crippen molar-refractivity contribution in [3.8, 4) is 0 Å². The summed E-state index contributed by atoms with van der Waals surface area (Å²) in [7, 11) is -3.72. The molecule has 1 aromatic rings. The standard InChI is InChI=1S/C12H18N2O4S/c1-3-4-8(2)14-19(17,18)11-6-5-9(12(15)16)7-10(11)13/h5-8,14H,3-4,13H2,1-2H3,(H,15,16). The van der Waals surface area contributed by atoms with E-state index in [1.54, 1.807) is 6.92 Å². The minimum absolute atomic E-state index is 0.0435. The number of nitrogen functional groups attached to an aromatic ring is 1. The second-order valence-electron chi connectivity index (χ2n) is 4.37. The summed E-state index contributed by atoms with van der Waals surface area (Å²) in [5.74, 6) is -1.15. The summed E-state index contributed by atoms with van der Waals surface area (Å²) in [6.45, 7) is 3.73. The lowest BCUT2D eigenvalue weighted by molar-refractivity contribution is 0.0697. The number of hydrogen-bond donors (Lipinski definition) is 3. The monoisotopic (exact) mass is 286 g/mol. The molecule has 19 heavy (non-hydrogen) atoms. The van der Waals surface area contributed by atoms with E-state index in [2.05, 4.69) is 4.72 Å². The molecule has 0 radical (unpaired) electrons. The first kappa shape index (κ1) is 15.5. The fraction of sp³-hybridized carbons (Fsp3) is 0.417. The largest absolute Gasteiger partial charge is 0.478 e. The fourth-order valence-corrected chi connectivity index (χ4v) is 3.14. The van der Waals surface area contributed by atoms with Gasteiger partial charge in [0.25, 0.3) is 0 Å². The van der Waals surface area contributed by atoms with Crippen molar-refractivity contribution in [1.29, 1.82) is 0 Å². The van der Waals surface area contributed by atoms with E-state index in [0.29, 0.717) is 6.42 Å². The molecule has 0 heterocycles. The fourth-order valence-electron chi connectivity index (χ4n) is 1.75. The molecular formula is C12H18N2O4S. The number of carbonyl (C=O) groups is 1. The number of anilines is 1. The number of nitrogens with two attached hydrogens (primary N) is 1. The van der Waals surface area contributed by atoms with E-state index in [0.717, 1.165) is 12.5 Å². The zero-order valence-electron chi connectivity index (χ0n) is 10.9. The lowest BCUT2D eigenvalue weighted by atomic mass is 10.2. The highest BCUT2D eigenvalue weighted by atomic mass is 32.2. The van der Waals surface area contributed by atoms with Crippen LogP contribution in [0, 0.1) is 0 Å². The van der Waals surface area contributed by atoms with E-state index in [1.165, 1.54) is 12.1 Å². The third-order valence-electron chi connectivity index (χ3n) is 2.62. The number of sulfonamides is 1. The van der Waals surface area contributed by atoms with Crippen molar-refractivity contribution in [2.45, 2.75) is 37.6 Å². The molecule has 0 aromatic heterocycles. The smallest absolute Gasteiger partial charge is 0.335 e. The van der Waals surface area contributed by atoms with Crippen molar-refractivity contribution in [2.24, 2.45) is 0 Å². The number of rotatable bonds is 6. The van der Waals surface area contributed by atoms with Crippen molar-refractivity contribution >= 4 is 21.7 Å². The zero-order valence-corrected chi connectivity index (χ0v) is 11.7. The van der Waals surface area contributed by atoms with Crippen molar-refractivity contribution in [3.63, 3.8) is 0 Å². The number of benzene rings is 1. The van der Waals surface area contributed by atoms with Crippen molar-refractivity contribution in [1.82, 2.24) is 4.72 Å². The molecule has 1 rings (SSSR count). The molecule has 1 atom stereocenters. The third kappa shape index (κ3) is 3.93. The Labute approximate surface area is 112 Å². The van der Waals surface area contributed by atoms with Crippen LogP contribution >= 0.6 is 0 Å². The second kappa shape index (κ2) is 6.03. The highest BCUT2D eigenvalue weighted by Crippen LogP contribution is 2.20. The van der Waals surface area contributed by atoms with Gasteiger partial charge in [0.15, 0.2) is 0 Å². The molecule has 7 heteroatoms. The molecule has 0 spiro atoms. The average Bonchev–Trinajstić information content (AvgIpc) is 2.27. The summed E-state index contributed by atoms with van der Waals surface area (Å²) in [6, 6.07) is 3.37. The highest BCUT2D eigenvalue weighted by molar-refractivity contribution is 7.89. The van der Waals surface area contributed by atoms with E-state index in [-0.39, 0.29) is 22.2 Å². The molecule has 0 aliphatic rings. The van der Waals surface area contributed by atoms with Gasteiger partial charge in [-0.1, -0.05) is 13.3 Å². The first-order valence-corrected chi connectivity index (χ1v) is 7.41. The van der Waals surface area contributed by atoms with Gasteiger partial charge in [-0.3, -0.25) is 0 Å². The molecule has 0 bridgehead atoms. The van der Waals surface area contributed by atoms with Crippen LogP contribution in [0.4, 0.5) is 5.69 Å². The van der Waals surface area contributed by atoms with E-state index in [9.17, 15) is 13.2 Å². The summed E-state index contributed by atoms with van der Waals surface area (Å²) in [5, 5.41) is 8.80. The molecule has 0 saturated carbocycles. The minimum atomic E-state index is -3.72. The van der Waals surface area contributed by atoms with Crippen LogP contribution in [0.5, 0.6) is 0 Å². The Hall–Kier alpha value is -1.60. The molecule has 0 fully saturated rings. The van der Waals surface area contributed by atoms with Gasteiger partial charge in [0.1, 0.15) is 4.90 Å². The van der Waals surface area contributed by atoms with Gasteiger partial charge in [-0.15, -0.1) is 0 Å². The predicted molar refractivity (Wildman–Crippen MR) is 72.5 cm³/mol. The van der Waals surface area contributed by atoms with E-state index in [4.69, 9.17) is 10.8 Å². The van der Waals surface area contributed by atoms with Gasteiger partial charge in [0, 0.05) is 6.04 Å². The Morgan fingerprint density at radius 1 is 1.47 bits per heavy atom. The van der Waals surface area contributed by atoms with E-state index >= 15 is 0 Å². The Balaban J connectivity index is 3.05. The molecule has 6 nitrogen and oxygen atoms in total. The Bertz CT molecular complexity index is 569. The van der Waals surface area contributed by atoms with Gasteiger partial charge >= 0.3 is 5.97 Å². The molecule has 106 valence electrons. The molecule has 0 saturated heterocycles. The van der Waals surface area contributed by atoms with Crippen molar-refractivity contribution in [3.05, 3.63) is 23.8 Å². The summed E-state index contributed by atoms with van der Waals surface area (Å²) >= 11 is 0. The van der Waals surface area contributed by atoms with Gasteiger partial charge in [-0.2, -0.15) is 0 Å². The maximum absolute atomic E-state index is 12.1. The second-order valence-corrected chi connectivity index (χ2v) is 6.05. The average molecular weight is 286 g/mol. The Kier molecular flexibility index (Phi) is 4.90. The van der Waals surface area contributed by atoms with Crippen LogP contribution in [-0.4, -0.2) is 25.5 Å². The molecule has 0 aliphatic carbocycles. The summed E-state index contributed by atoms with van der Waals surface area (Å²) in [5.41, 5.74) is 5.50. The van der Waals surface area contributed by atoms with Crippen LogP contribution < -0.4 is 10.5 Å². The SMILES string of the molecule is CCCC(C)NS(=O)(=O)c1ccc(C(=O)O)cc1N. The summed E-state index contributed by atoms with van der Waals surface area (Å²) in [6.07, 6.45) is 1.57. The van der Waals surface area contributed by atoms with Gasteiger partial charge in [-0.25, -0.2) is 17.9 Å². The van der Waals surface area contributed by atoms with Crippen LogP contribution in [0.15, 0.2) is 23.1 Å². The van der Waals surface area contributed by atoms with Gasteiger partial charge in [0.05, 0.1) is 11.3 Å². The number of carboxylic acid groups (broad SMARTS) is 1. The van der Waals surface area contributed by atoms with Crippen LogP contribution in [0.25, 0.3) is 0 Å². The molecule has 0 aliphatic heterocycles. The van der Waals surface area contributed by atoms with Crippen molar-refractivity contribution < 1.29 is 18.3 Å². The predicted octanol–water partition coefficient (Wildman–Crippen LogP) is 1.43. The first-order valence-electron chi connectivity index (χ1n) is 5.93. The quantitative estimate of drug-likeness (QED) is 0.685. The number of hydrogen-bond acceptors (Lipinski definition) is 4. The van der Waals surface area contributed by atoms with E-state index in [1.807, 2.05) is 6.92 Å². The lowest BCUT2D eigenvalue weighted by Crippen LogP contribution is -2.32. The summed E-state index contributed by atoms with van der Waals surface area (Å²) in [4.78, 5) is 10.7. The zero-order chi connectivity index (χ0) is 14.6. The summed E-state index contributed by atoms with van der Waals surface area (Å²) < 4.78 is 26.7. The van der Waals surface area contributed by atoms with Crippen LogP contribution in [0.3, 0.4) is 0 Å². The van der Waals surface area contributed by atoms with Gasteiger partial charge in [0.2, 0.25) is 10.0 Å². The minimum Gasteiger partial charge on any atom is -0.478 e. The molecule has 4 N–H and O–H groups in total. The first-order chi connectivity index (χ1) is 8.77. The maximum Gasteiger partial charge on any atom is 0.335 e.